The molecule has 2 heterocycles. The number of aromatic nitrogens is 1. The minimum Gasteiger partial charge on any atom is -0.488 e. The molecule has 1 aromatic heterocycles. The Bertz CT molecular complexity index is 1220. The number of aliphatic hydroxyl groups is 5. The molecular weight excluding hydrogens is 574 g/mol. The minimum atomic E-state index is -1.55. The minimum absolute atomic E-state index is 0.120. The molecule has 1 aliphatic rings. The van der Waals surface area contributed by atoms with Crippen molar-refractivity contribution in [3.8, 4) is 11.6 Å². The van der Waals surface area contributed by atoms with Crippen LogP contribution in [0.5, 0.6) is 11.6 Å². The van der Waals surface area contributed by atoms with Gasteiger partial charge >= 0.3 is 0 Å². The fraction of sp³-hybridized carbons (Fsp3) is 0.656. The van der Waals surface area contributed by atoms with Crippen LogP contribution < -0.4 is 14.9 Å². The van der Waals surface area contributed by atoms with Crippen molar-refractivity contribution in [3.63, 3.8) is 0 Å². The molecule has 0 amide bonds. The fourth-order valence-electron chi connectivity index (χ4n) is 5.41. The van der Waals surface area contributed by atoms with Crippen molar-refractivity contribution >= 4 is 0 Å². The van der Waals surface area contributed by atoms with E-state index in [4.69, 9.17) is 23.7 Å². The van der Waals surface area contributed by atoms with Gasteiger partial charge in [-0.05, 0) is 52.2 Å². The molecule has 0 saturated carbocycles. The predicted molar refractivity (Wildman–Crippen MR) is 165 cm³/mol. The van der Waals surface area contributed by atoms with Gasteiger partial charge in [0, 0.05) is 30.7 Å². The number of rotatable bonds is 15. The first-order chi connectivity index (χ1) is 20.7. The predicted octanol–water partition coefficient (Wildman–Crippen LogP) is 1.69. The molecule has 250 valence electrons. The van der Waals surface area contributed by atoms with Gasteiger partial charge < -0.3 is 54.2 Å². The summed E-state index contributed by atoms with van der Waals surface area (Å²) in [6.07, 6.45) is -2.61. The smallest absolute Gasteiger partial charge is 0.238 e. The van der Waals surface area contributed by atoms with E-state index >= 15 is 0 Å². The van der Waals surface area contributed by atoms with Crippen molar-refractivity contribution in [2.24, 2.45) is 5.92 Å². The Kier molecular flexibility index (Phi) is 14.7. The number of methoxy groups -OCH3 is 3. The standard InChI is InChI=1S/C32H51NO11/c1-10-17(3)28(44-32-27(39)26(38)25(37)23(15-34)43-32)18(4)14-19(5)29(40-7)22(35)13-16(2)11-12-21-20(6)24(36)30(41-8)31(33-21)42-9/h10-11,14,18,22-23,25-29,32,34-35,37-39H,12-13,15H2,1-9H3,(H,33,36). The van der Waals surface area contributed by atoms with Gasteiger partial charge in [-0.1, -0.05) is 30.7 Å². The molecule has 6 N–H and O–H groups in total. The topological polar surface area (TPSA) is 180 Å². The molecule has 1 saturated heterocycles. The number of pyridine rings is 1. The third-order valence-corrected chi connectivity index (χ3v) is 8.15. The lowest BCUT2D eigenvalue weighted by molar-refractivity contribution is -0.310. The van der Waals surface area contributed by atoms with Gasteiger partial charge in [0.05, 0.1) is 33.0 Å². The van der Waals surface area contributed by atoms with Gasteiger partial charge in [0.1, 0.15) is 30.5 Å². The van der Waals surface area contributed by atoms with Crippen LogP contribution in [-0.2, 0) is 20.6 Å². The van der Waals surface area contributed by atoms with Crippen LogP contribution in [0.15, 0.2) is 39.7 Å². The Morgan fingerprint density at radius 2 is 1.68 bits per heavy atom. The third-order valence-electron chi connectivity index (χ3n) is 8.15. The number of aromatic amines is 1. The van der Waals surface area contributed by atoms with Gasteiger partial charge in [-0.2, -0.15) is 0 Å². The second kappa shape index (κ2) is 17.2. The lowest BCUT2D eigenvalue weighted by Crippen LogP contribution is -2.60. The average Bonchev–Trinajstić information content (AvgIpc) is 2.99. The zero-order valence-corrected chi connectivity index (χ0v) is 27.2. The molecule has 0 radical (unpaired) electrons. The van der Waals surface area contributed by atoms with Crippen molar-refractivity contribution in [3.05, 3.63) is 56.4 Å². The van der Waals surface area contributed by atoms with Crippen LogP contribution in [0, 0.1) is 12.8 Å². The van der Waals surface area contributed by atoms with E-state index in [9.17, 15) is 30.3 Å². The lowest BCUT2D eigenvalue weighted by Gasteiger charge is -2.41. The molecule has 0 aliphatic carbocycles. The van der Waals surface area contributed by atoms with Crippen LogP contribution in [0.1, 0.15) is 52.3 Å². The highest BCUT2D eigenvalue weighted by molar-refractivity contribution is 5.40. The van der Waals surface area contributed by atoms with Crippen molar-refractivity contribution in [2.75, 3.05) is 27.9 Å². The maximum absolute atomic E-state index is 12.6. The van der Waals surface area contributed by atoms with Gasteiger partial charge in [-0.25, -0.2) is 0 Å². The molecule has 0 spiro atoms. The Balaban J connectivity index is 2.19. The number of hydrogen-bond donors (Lipinski definition) is 6. The van der Waals surface area contributed by atoms with Gasteiger partial charge in [-0.15, -0.1) is 0 Å². The van der Waals surface area contributed by atoms with Gasteiger partial charge in [0.2, 0.25) is 17.1 Å². The van der Waals surface area contributed by atoms with Crippen LogP contribution in [0.25, 0.3) is 0 Å². The second-order valence-electron chi connectivity index (χ2n) is 11.4. The number of allylic oxidation sites excluding steroid dienone is 2. The summed E-state index contributed by atoms with van der Waals surface area (Å²) in [5.74, 6) is 0.0835. The Labute approximate surface area is 259 Å². The van der Waals surface area contributed by atoms with Crippen molar-refractivity contribution < 1.29 is 49.2 Å². The first-order valence-corrected chi connectivity index (χ1v) is 14.7. The van der Waals surface area contributed by atoms with E-state index in [-0.39, 0.29) is 23.0 Å². The monoisotopic (exact) mass is 625 g/mol. The van der Waals surface area contributed by atoms with E-state index < -0.39 is 55.6 Å². The Morgan fingerprint density at radius 3 is 2.23 bits per heavy atom. The summed E-state index contributed by atoms with van der Waals surface area (Å²) in [5, 5.41) is 51.5. The molecule has 2 rings (SSSR count). The Morgan fingerprint density at radius 1 is 1.02 bits per heavy atom. The molecule has 44 heavy (non-hydrogen) atoms. The normalized spacial score (nSPS) is 26.2. The zero-order chi connectivity index (χ0) is 33.3. The first kappa shape index (κ1) is 37.6. The quantitative estimate of drug-likeness (QED) is 0.156. The molecular formula is C32H51NO11. The number of H-pyrrole nitrogens is 1. The highest BCUT2D eigenvalue weighted by Crippen LogP contribution is 2.29. The zero-order valence-electron chi connectivity index (χ0n) is 27.2. The van der Waals surface area contributed by atoms with Crippen molar-refractivity contribution in [2.45, 2.75) is 103 Å². The number of ether oxygens (including phenoxy) is 5. The van der Waals surface area contributed by atoms with Crippen LogP contribution in [0.2, 0.25) is 0 Å². The summed E-state index contributed by atoms with van der Waals surface area (Å²) >= 11 is 0. The average molecular weight is 626 g/mol. The highest BCUT2D eigenvalue weighted by atomic mass is 16.7. The van der Waals surface area contributed by atoms with Crippen LogP contribution >= 0.6 is 0 Å². The molecule has 12 nitrogen and oxygen atoms in total. The molecule has 1 aliphatic heterocycles. The number of hydrogen-bond acceptors (Lipinski definition) is 11. The SMILES string of the molecule is CC=C(C)C(OC1OC(CO)C(O)C(O)C1O)C(C)C=C(C)C(OC)C(O)CC(C)=CCc1[nH]c(OC)c(OC)c(=O)c1C. The number of nitrogens with one attached hydrogen (secondary N) is 1. The molecule has 1 aromatic rings. The second-order valence-corrected chi connectivity index (χ2v) is 11.4. The summed E-state index contributed by atoms with van der Waals surface area (Å²) in [4.78, 5) is 15.7. The molecule has 0 bridgehead atoms. The van der Waals surface area contributed by atoms with Crippen molar-refractivity contribution in [1.29, 1.82) is 0 Å². The first-order valence-electron chi connectivity index (χ1n) is 14.7. The van der Waals surface area contributed by atoms with Crippen LogP contribution in [-0.4, -0.2) is 107 Å². The number of aliphatic hydroxyl groups excluding tert-OH is 5. The Hall–Kier alpha value is -2.55. The van der Waals surface area contributed by atoms with Crippen LogP contribution in [0.4, 0.5) is 0 Å². The van der Waals surface area contributed by atoms with E-state index in [1.807, 2.05) is 52.8 Å². The lowest BCUT2D eigenvalue weighted by atomic mass is 9.91. The van der Waals surface area contributed by atoms with Gasteiger partial charge in [0.15, 0.2) is 6.29 Å². The van der Waals surface area contributed by atoms with Gasteiger partial charge in [0.25, 0.3) is 0 Å². The molecule has 0 aromatic carbocycles. The van der Waals surface area contributed by atoms with E-state index in [1.165, 1.54) is 21.3 Å². The summed E-state index contributed by atoms with van der Waals surface area (Å²) in [5.41, 5.74) is 3.43. The largest absolute Gasteiger partial charge is 0.488 e. The summed E-state index contributed by atoms with van der Waals surface area (Å²) < 4.78 is 27.8. The van der Waals surface area contributed by atoms with E-state index in [0.717, 1.165) is 16.7 Å². The van der Waals surface area contributed by atoms with Gasteiger partial charge in [-0.3, -0.25) is 4.79 Å². The molecule has 1 fully saturated rings. The summed E-state index contributed by atoms with van der Waals surface area (Å²) in [6.45, 7) is 10.5. The molecule has 9 atom stereocenters. The van der Waals surface area contributed by atoms with E-state index in [2.05, 4.69) is 4.98 Å². The van der Waals surface area contributed by atoms with E-state index in [1.54, 1.807) is 6.92 Å². The third kappa shape index (κ3) is 9.01. The van der Waals surface area contributed by atoms with E-state index in [0.29, 0.717) is 24.1 Å². The maximum Gasteiger partial charge on any atom is 0.238 e. The van der Waals surface area contributed by atoms with Crippen molar-refractivity contribution in [1.82, 2.24) is 4.98 Å². The molecule has 9 unspecified atom stereocenters. The summed E-state index contributed by atoms with van der Waals surface area (Å²) in [6, 6.07) is 0. The van der Waals surface area contributed by atoms with Crippen LogP contribution in [0.3, 0.4) is 0 Å². The molecule has 12 heteroatoms. The fourth-order valence-corrected chi connectivity index (χ4v) is 5.41. The maximum atomic E-state index is 12.6. The highest BCUT2D eigenvalue weighted by Gasteiger charge is 2.45. The summed E-state index contributed by atoms with van der Waals surface area (Å²) in [7, 11) is 4.39.